The van der Waals surface area contributed by atoms with Gasteiger partial charge in [-0.2, -0.15) is 5.26 Å². The summed E-state index contributed by atoms with van der Waals surface area (Å²) in [7, 11) is 0. The number of hydrogen-bond donors (Lipinski definition) is 3. The van der Waals surface area contributed by atoms with E-state index in [0.717, 1.165) is 53.2 Å². The molecule has 6 nitrogen and oxygen atoms in total. The number of aryl methyl sites for hydroxylation is 1. The smallest absolute Gasteiger partial charge is 0.147 e. The molecule has 6 heteroatoms. The van der Waals surface area contributed by atoms with Gasteiger partial charge in [-0.25, -0.2) is 9.97 Å². The Balaban J connectivity index is 1.70. The SMILES string of the molecule is Cc1nc(-c2c[nH]c3c(C#N)cccc23)cnc1NC1CCNC1. The molecule has 1 saturated heterocycles. The highest BCUT2D eigenvalue weighted by Crippen LogP contribution is 2.29. The van der Waals surface area contributed by atoms with Gasteiger partial charge in [-0.3, -0.25) is 0 Å². The van der Waals surface area contributed by atoms with Gasteiger partial charge in [-0.1, -0.05) is 12.1 Å². The lowest BCUT2D eigenvalue weighted by Gasteiger charge is -2.14. The Hall–Kier alpha value is -2.91. The Morgan fingerprint density at radius 3 is 3.04 bits per heavy atom. The van der Waals surface area contributed by atoms with Crippen LogP contribution in [0.15, 0.2) is 30.6 Å². The lowest BCUT2D eigenvalue weighted by Crippen LogP contribution is -2.23. The maximum absolute atomic E-state index is 9.22. The molecule has 0 spiro atoms. The van der Waals surface area contributed by atoms with E-state index in [1.54, 1.807) is 6.20 Å². The fraction of sp³-hybridized carbons (Fsp3) is 0.278. The third-order valence-corrected chi connectivity index (χ3v) is 4.46. The minimum atomic E-state index is 0.412. The fourth-order valence-electron chi connectivity index (χ4n) is 3.18. The number of nitrogens with one attached hydrogen (secondary N) is 3. The lowest BCUT2D eigenvalue weighted by atomic mass is 10.1. The highest BCUT2D eigenvalue weighted by atomic mass is 15.1. The average Bonchev–Trinajstić information content (AvgIpc) is 3.26. The highest BCUT2D eigenvalue weighted by molar-refractivity contribution is 5.97. The number of rotatable bonds is 3. The van der Waals surface area contributed by atoms with Crippen LogP contribution in [-0.2, 0) is 0 Å². The number of aromatic nitrogens is 3. The van der Waals surface area contributed by atoms with E-state index in [9.17, 15) is 5.26 Å². The van der Waals surface area contributed by atoms with Crippen molar-refractivity contribution in [2.24, 2.45) is 0 Å². The van der Waals surface area contributed by atoms with E-state index in [2.05, 4.69) is 26.7 Å². The first-order valence-electron chi connectivity index (χ1n) is 8.07. The zero-order valence-electron chi connectivity index (χ0n) is 13.4. The number of benzene rings is 1. The number of hydrogen-bond acceptors (Lipinski definition) is 5. The molecule has 0 bridgehead atoms. The van der Waals surface area contributed by atoms with Gasteiger partial charge in [0.15, 0.2) is 0 Å². The molecule has 0 amide bonds. The van der Waals surface area contributed by atoms with E-state index in [4.69, 9.17) is 4.98 Å². The summed E-state index contributed by atoms with van der Waals surface area (Å²) in [5.41, 5.74) is 4.13. The van der Waals surface area contributed by atoms with Crippen LogP contribution in [0.25, 0.3) is 22.2 Å². The van der Waals surface area contributed by atoms with Gasteiger partial charge in [0.2, 0.25) is 0 Å². The van der Waals surface area contributed by atoms with Crippen molar-refractivity contribution in [2.75, 3.05) is 18.4 Å². The first kappa shape index (κ1) is 14.7. The van der Waals surface area contributed by atoms with Crippen LogP contribution in [0.5, 0.6) is 0 Å². The first-order chi connectivity index (χ1) is 11.8. The van der Waals surface area contributed by atoms with E-state index in [1.807, 2.05) is 31.3 Å². The van der Waals surface area contributed by atoms with Crippen LogP contribution in [0.3, 0.4) is 0 Å². The maximum atomic E-state index is 9.22. The molecular weight excluding hydrogens is 300 g/mol. The highest BCUT2D eigenvalue weighted by Gasteiger charge is 2.17. The zero-order valence-corrected chi connectivity index (χ0v) is 13.4. The molecule has 3 aromatic rings. The predicted octanol–water partition coefficient (Wildman–Crippen LogP) is 2.58. The normalized spacial score (nSPS) is 17.1. The van der Waals surface area contributed by atoms with Gasteiger partial charge >= 0.3 is 0 Å². The molecule has 1 aromatic carbocycles. The summed E-state index contributed by atoms with van der Waals surface area (Å²) >= 11 is 0. The van der Waals surface area contributed by atoms with Crippen molar-refractivity contribution < 1.29 is 0 Å². The average molecular weight is 318 g/mol. The zero-order chi connectivity index (χ0) is 16.5. The molecular formula is C18H18N6. The molecule has 1 aliphatic heterocycles. The monoisotopic (exact) mass is 318 g/mol. The standard InChI is InChI=1S/C18H18N6/c1-11-18(24-13-5-6-20-8-13)22-10-16(23-11)15-9-21-17-12(7-19)3-2-4-14(15)17/h2-4,9-10,13,20-21H,5-6,8H2,1H3,(H,22,24). The van der Waals surface area contributed by atoms with Crippen LogP contribution in [0, 0.1) is 18.3 Å². The van der Waals surface area contributed by atoms with Crippen molar-refractivity contribution in [1.82, 2.24) is 20.3 Å². The van der Waals surface area contributed by atoms with Gasteiger partial charge < -0.3 is 15.6 Å². The summed E-state index contributed by atoms with van der Waals surface area (Å²) in [6.45, 7) is 3.97. The summed E-state index contributed by atoms with van der Waals surface area (Å²) in [4.78, 5) is 12.5. The minimum absolute atomic E-state index is 0.412. The van der Waals surface area contributed by atoms with Gasteiger partial charge in [0.1, 0.15) is 11.9 Å². The number of para-hydroxylation sites is 1. The second-order valence-electron chi connectivity index (χ2n) is 6.07. The van der Waals surface area contributed by atoms with Gasteiger partial charge in [-0.15, -0.1) is 0 Å². The summed E-state index contributed by atoms with van der Waals surface area (Å²) in [6.07, 6.45) is 4.78. The van der Waals surface area contributed by atoms with Gasteiger partial charge in [0.25, 0.3) is 0 Å². The van der Waals surface area contributed by atoms with E-state index in [1.165, 1.54) is 0 Å². The van der Waals surface area contributed by atoms with Crippen LogP contribution < -0.4 is 10.6 Å². The first-order valence-corrected chi connectivity index (χ1v) is 8.07. The lowest BCUT2D eigenvalue weighted by molar-refractivity contribution is 0.784. The molecule has 3 heterocycles. The minimum Gasteiger partial charge on any atom is -0.365 e. The van der Waals surface area contributed by atoms with Gasteiger partial charge in [0.05, 0.1) is 28.7 Å². The second-order valence-corrected chi connectivity index (χ2v) is 6.07. The molecule has 2 aromatic heterocycles. The Labute approximate surface area is 139 Å². The van der Waals surface area contributed by atoms with Crippen molar-refractivity contribution in [2.45, 2.75) is 19.4 Å². The molecule has 0 radical (unpaired) electrons. The molecule has 3 N–H and O–H groups in total. The third-order valence-electron chi connectivity index (χ3n) is 4.46. The Morgan fingerprint density at radius 2 is 2.29 bits per heavy atom. The van der Waals surface area contributed by atoms with E-state index in [0.29, 0.717) is 11.6 Å². The van der Waals surface area contributed by atoms with Crippen molar-refractivity contribution in [3.63, 3.8) is 0 Å². The van der Waals surface area contributed by atoms with E-state index < -0.39 is 0 Å². The molecule has 1 fully saturated rings. The molecule has 1 aliphatic rings. The fourth-order valence-corrected chi connectivity index (χ4v) is 3.18. The number of fused-ring (bicyclic) bond motifs is 1. The number of anilines is 1. The molecule has 1 unspecified atom stereocenters. The van der Waals surface area contributed by atoms with Crippen molar-refractivity contribution in [3.05, 3.63) is 41.9 Å². The quantitative estimate of drug-likeness (QED) is 0.690. The maximum Gasteiger partial charge on any atom is 0.147 e. The Morgan fingerprint density at radius 1 is 1.38 bits per heavy atom. The molecule has 0 saturated carbocycles. The van der Waals surface area contributed by atoms with Crippen molar-refractivity contribution in [1.29, 1.82) is 5.26 Å². The molecule has 0 aliphatic carbocycles. The van der Waals surface area contributed by atoms with Gasteiger partial charge in [-0.05, 0) is 26.0 Å². The molecule has 4 rings (SSSR count). The molecule has 1 atom stereocenters. The Bertz CT molecular complexity index is 930. The number of nitriles is 1. The van der Waals surface area contributed by atoms with Gasteiger partial charge in [0, 0.05) is 29.7 Å². The summed E-state index contributed by atoms with van der Waals surface area (Å²) < 4.78 is 0. The van der Waals surface area contributed by atoms with Crippen LogP contribution in [0.1, 0.15) is 17.7 Å². The predicted molar refractivity (Wildman–Crippen MR) is 93.7 cm³/mol. The molecule has 120 valence electrons. The number of nitrogens with zero attached hydrogens (tertiary/aromatic N) is 3. The van der Waals surface area contributed by atoms with Crippen LogP contribution in [0.4, 0.5) is 5.82 Å². The topological polar surface area (TPSA) is 89.4 Å². The van der Waals surface area contributed by atoms with E-state index in [-0.39, 0.29) is 0 Å². The summed E-state index contributed by atoms with van der Waals surface area (Å²) in [6, 6.07) is 8.32. The largest absolute Gasteiger partial charge is 0.365 e. The number of H-pyrrole nitrogens is 1. The van der Waals surface area contributed by atoms with Crippen molar-refractivity contribution in [3.8, 4) is 17.3 Å². The van der Waals surface area contributed by atoms with Crippen LogP contribution in [0.2, 0.25) is 0 Å². The van der Waals surface area contributed by atoms with Crippen LogP contribution >= 0.6 is 0 Å². The Kier molecular flexibility index (Phi) is 3.63. The number of aromatic amines is 1. The van der Waals surface area contributed by atoms with Crippen molar-refractivity contribution >= 4 is 16.7 Å². The van der Waals surface area contributed by atoms with E-state index >= 15 is 0 Å². The second kappa shape index (κ2) is 5.95. The summed E-state index contributed by atoms with van der Waals surface area (Å²) in [5, 5.41) is 17.0. The molecule has 24 heavy (non-hydrogen) atoms. The summed E-state index contributed by atoms with van der Waals surface area (Å²) in [5.74, 6) is 0.838. The third kappa shape index (κ3) is 2.49. The van der Waals surface area contributed by atoms with Crippen LogP contribution in [-0.4, -0.2) is 34.1 Å².